The number of hydrogen-bond acceptors (Lipinski definition) is 2. The van der Waals surface area contributed by atoms with Crippen LogP contribution >= 0.6 is 12.2 Å². The van der Waals surface area contributed by atoms with Crippen molar-refractivity contribution in [2.45, 2.75) is 32.6 Å². The first-order chi connectivity index (χ1) is 12.6. The molecule has 0 heterocycles. The van der Waals surface area contributed by atoms with Gasteiger partial charge in [-0.1, -0.05) is 50.8 Å². The molecule has 0 fully saturated rings. The van der Waals surface area contributed by atoms with Crippen LogP contribution in [0.3, 0.4) is 0 Å². The second-order valence-electron chi connectivity index (χ2n) is 6.50. The molecule has 4 heteroatoms. The summed E-state index contributed by atoms with van der Waals surface area (Å²) in [5.74, 6) is 1.40. The highest BCUT2D eigenvalue weighted by Crippen LogP contribution is 2.16. The minimum absolute atomic E-state index is 0.507. The van der Waals surface area contributed by atoms with Gasteiger partial charge in [0.2, 0.25) is 0 Å². The van der Waals surface area contributed by atoms with E-state index in [9.17, 15) is 0 Å². The topological polar surface area (TPSA) is 33.3 Å². The second kappa shape index (κ2) is 10.6. The number of nitrogens with one attached hydrogen (secondary N) is 2. The van der Waals surface area contributed by atoms with E-state index in [1.54, 1.807) is 6.08 Å². The SMILES string of the molecule is C=CCOc1ccc(NC(=S)NCCCc2ccc(C(C)C)cc2)cc1. The van der Waals surface area contributed by atoms with Crippen LogP contribution < -0.4 is 15.4 Å². The number of ether oxygens (including phenoxy) is 1. The highest BCUT2D eigenvalue weighted by atomic mass is 32.1. The Balaban J connectivity index is 1.67. The first kappa shape index (κ1) is 20.0. The van der Waals surface area contributed by atoms with Crippen LogP contribution in [0.4, 0.5) is 5.69 Å². The smallest absolute Gasteiger partial charge is 0.170 e. The normalized spacial score (nSPS) is 10.4. The van der Waals surface area contributed by atoms with Gasteiger partial charge in [0, 0.05) is 12.2 Å². The van der Waals surface area contributed by atoms with E-state index in [0.29, 0.717) is 17.6 Å². The van der Waals surface area contributed by atoms with Crippen molar-refractivity contribution in [2.24, 2.45) is 0 Å². The standard InChI is InChI=1S/C22H28N2OS/c1-4-16-25-21-13-11-20(12-14-21)24-22(26)23-15-5-6-18-7-9-19(10-8-18)17(2)3/h4,7-14,17H,1,5-6,15-16H2,2-3H3,(H2,23,24,26). The van der Waals surface area contributed by atoms with Gasteiger partial charge >= 0.3 is 0 Å². The van der Waals surface area contributed by atoms with E-state index in [0.717, 1.165) is 30.8 Å². The number of rotatable bonds is 9. The molecule has 2 aromatic rings. The van der Waals surface area contributed by atoms with Gasteiger partial charge in [0.25, 0.3) is 0 Å². The Hall–Kier alpha value is -2.33. The first-order valence-electron chi connectivity index (χ1n) is 9.06. The molecule has 26 heavy (non-hydrogen) atoms. The molecule has 0 amide bonds. The molecular weight excluding hydrogens is 340 g/mol. The van der Waals surface area contributed by atoms with E-state index in [1.165, 1.54) is 11.1 Å². The third-order valence-corrected chi connectivity index (χ3v) is 4.30. The molecule has 0 aliphatic rings. The highest BCUT2D eigenvalue weighted by Gasteiger charge is 2.01. The van der Waals surface area contributed by atoms with Gasteiger partial charge in [-0.15, -0.1) is 0 Å². The lowest BCUT2D eigenvalue weighted by molar-refractivity contribution is 0.363. The molecule has 2 rings (SSSR count). The molecule has 0 saturated carbocycles. The van der Waals surface area contributed by atoms with Crippen molar-refractivity contribution in [3.63, 3.8) is 0 Å². The van der Waals surface area contributed by atoms with Crippen molar-refractivity contribution < 1.29 is 4.74 Å². The van der Waals surface area contributed by atoms with Crippen molar-refractivity contribution in [1.29, 1.82) is 0 Å². The summed E-state index contributed by atoms with van der Waals surface area (Å²) in [5, 5.41) is 7.08. The Kier molecular flexibility index (Phi) is 8.16. The van der Waals surface area contributed by atoms with Gasteiger partial charge < -0.3 is 15.4 Å². The molecule has 138 valence electrons. The number of aryl methyl sites for hydroxylation is 1. The number of anilines is 1. The van der Waals surface area contributed by atoms with Crippen LogP contribution in [0.15, 0.2) is 61.2 Å². The third kappa shape index (κ3) is 6.89. The van der Waals surface area contributed by atoms with Gasteiger partial charge in [-0.05, 0) is 66.4 Å². The molecule has 0 aliphatic heterocycles. The zero-order chi connectivity index (χ0) is 18.8. The Morgan fingerprint density at radius 2 is 1.81 bits per heavy atom. The Morgan fingerprint density at radius 1 is 1.12 bits per heavy atom. The lowest BCUT2D eigenvalue weighted by atomic mass is 10.0. The average molecular weight is 369 g/mol. The van der Waals surface area contributed by atoms with E-state index in [2.05, 4.69) is 55.3 Å². The van der Waals surface area contributed by atoms with Crippen molar-refractivity contribution in [3.8, 4) is 5.75 Å². The molecule has 2 aromatic carbocycles. The molecule has 0 radical (unpaired) electrons. The summed E-state index contributed by atoms with van der Waals surface area (Å²) in [5.41, 5.74) is 3.70. The van der Waals surface area contributed by atoms with Crippen LogP contribution in [-0.2, 0) is 6.42 Å². The first-order valence-corrected chi connectivity index (χ1v) is 9.46. The average Bonchev–Trinajstić information content (AvgIpc) is 2.65. The molecule has 0 unspecified atom stereocenters. The predicted molar refractivity (Wildman–Crippen MR) is 115 cm³/mol. The van der Waals surface area contributed by atoms with Crippen molar-refractivity contribution in [2.75, 3.05) is 18.5 Å². The molecule has 0 atom stereocenters. The van der Waals surface area contributed by atoms with Gasteiger partial charge in [0.1, 0.15) is 12.4 Å². The molecule has 0 aromatic heterocycles. The maximum absolute atomic E-state index is 5.46. The van der Waals surface area contributed by atoms with Crippen molar-refractivity contribution in [1.82, 2.24) is 5.32 Å². The molecule has 0 spiro atoms. The Labute approximate surface area is 162 Å². The van der Waals surface area contributed by atoms with Crippen molar-refractivity contribution in [3.05, 3.63) is 72.3 Å². The summed E-state index contributed by atoms with van der Waals surface area (Å²) in [7, 11) is 0. The molecule has 0 bridgehead atoms. The second-order valence-corrected chi connectivity index (χ2v) is 6.91. The molecule has 3 nitrogen and oxygen atoms in total. The fourth-order valence-corrected chi connectivity index (χ4v) is 2.75. The number of benzene rings is 2. The van der Waals surface area contributed by atoms with E-state index in [-0.39, 0.29) is 0 Å². The van der Waals surface area contributed by atoms with Gasteiger partial charge in [0.05, 0.1) is 0 Å². The summed E-state index contributed by atoms with van der Waals surface area (Å²) in [6, 6.07) is 16.6. The Morgan fingerprint density at radius 3 is 2.42 bits per heavy atom. The largest absolute Gasteiger partial charge is 0.490 e. The van der Waals surface area contributed by atoms with Gasteiger partial charge in [-0.25, -0.2) is 0 Å². The minimum atomic E-state index is 0.507. The van der Waals surface area contributed by atoms with Gasteiger partial charge in [0.15, 0.2) is 5.11 Å². The molecular formula is C22H28N2OS. The van der Waals surface area contributed by atoms with E-state index in [4.69, 9.17) is 17.0 Å². The maximum Gasteiger partial charge on any atom is 0.170 e. The van der Waals surface area contributed by atoms with Gasteiger partial charge in [-0.2, -0.15) is 0 Å². The van der Waals surface area contributed by atoms with Gasteiger partial charge in [-0.3, -0.25) is 0 Å². The molecule has 0 aliphatic carbocycles. The van der Waals surface area contributed by atoms with Crippen LogP contribution in [0.1, 0.15) is 37.3 Å². The van der Waals surface area contributed by atoms with E-state index < -0.39 is 0 Å². The van der Waals surface area contributed by atoms with Crippen LogP contribution in [0.2, 0.25) is 0 Å². The Bertz CT molecular complexity index is 693. The summed E-state index contributed by atoms with van der Waals surface area (Å²) < 4.78 is 5.46. The van der Waals surface area contributed by atoms with E-state index >= 15 is 0 Å². The molecule has 2 N–H and O–H groups in total. The quantitative estimate of drug-likeness (QED) is 0.358. The summed E-state index contributed by atoms with van der Waals surface area (Å²) >= 11 is 5.35. The minimum Gasteiger partial charge on any atom is -0.490 e. The van der Waals surface area contributed by atoms with Crippen molar-refractivity contribution >= 4 is 23.0 Å². The summed E-state index contributed by atoms with van der Waals surface area (Å²) in [4.78, 5) is 0. The van der Waals surface area contributed by atoms with Crippen LogP contribution in [-0.4, -0.2) is 18.3 Å². The maximum atomic E-state index is 5.46. The lowest BCUT2D eigenvalue weighted by Gasteiger charge is -2.11. The third-order valence-electron chi connectivity index (χ3n) is 4.05. The van der Waals surface area contributed by atoms with Crippen LogP contribution in [0.5, 0.6) is 5.75 Å². The zero-order valence-corrected chi connectivity index (χ0v) is 16.4. The van der Waals surface area contributed by atoms with E-state index in [1.807, 2.05) is 24.3 Å². The monoisotopic (exact) mass is 368 g/mol. The van der Waals surface area contributed by atoms with Crippen LogP contribution in [0, 0.1) is 0 Å². The fourth-order valence-electron chi connectivity index (χ4n) is 2.53. The lowest BCUT2D eigenvalue weighted by Crippen LogP contribution is -2.29. The molecule has 0 saturated heterocycles. The van der Waals surface area contributed by atoms with Crippen LogP contribution in [0.25, 0.3) is 0 Å². The summed E-state index contributed by atoms with van der Waals surface area (Å²) in [6.07, 6.45) is 3.81. The predicted octanol–water partition coefficient (Wildman–Crippen LogP) is 5.29. The summed E-state index contributed by atoms with van der Waals surface area (Å²) in [6.45, 7) is 9.42. The fraction of sp³-hybridized carbons (Fsp3) is 0.318. The highest BCUT2D eigenvalue weighted by molar-refractivity contribution is 7.80. The number of thiocarbonyl (C=S) groups is 1. The number of hydrogen-bond donors (Lipinski definition) is 2. The zero-order valence-electron chi connectivity index (χ0n) is 15.6.